The van der Waals surface area contributed by atoms with Crippen LogP contribution in [0.15, 0.2) is 64.7 Å². The molecule has 0 unspecified atom stereocenters. The summed E-state index contributed by atoms with van der Waals surface area (Å²) in [4.78, 5) is 17.4. The molecule has 0 saturated heterocycles. The lowest BCUT2D eigenvalue weighted by Crippen LogP contribution is -2.29. The van der Waals surface area contributed by atoms with Crippen LogP contribution in [0.25, 0.3) is 11.1 Å². The van der Waals surface area contributed by atoms with Gasteiger partial charge in [-0.15, -0.1) is 0 Å². The largest absolute Gasteiger partial charge is 0.383 e. The highest BCUT2D eigenvalue weighted by Gasteiger charge is 2.36. The number of nitrogens with zero attached hydrogens (tertiary/aromatic N) is 5. The Morgan fingerprint density at radius 3 is 2.28 bits per heavy atom. The Balaban J connectivity index is 1.78. The highest BCUT2D eigenvalue weighted by molar-refractivity contribution is 8.01. The molecule has 3 aromatic rings. The van der Waals surface area contributed by atoms with Crippen LogP contribution >= 0.6 is 11.8 Å². The number of carbonyl (C=O) groups is 1. The molecule has 0 bridgehead atoms. The van der Waals surface area contributed by atoms with Crippen LogP contribution < -0.4 is 10.7 Å². The van der Waals surface area contributed by atoms with Crippen molar-refractivity contribution in [2.24, 2.45) is 5.10 Å². The number of anilines is 2. The van der Waals surface area contributed by atoms with Gasteiger partial charge in [0.15, 0.2) is 0 Å². The Labute approximate surface area is 189 Å². The zero-order chi connectivity index (χ0) is 22.8. The van der Waals surface area contributed by atoms with Gasteiger partial charge in [-0.05, 0) is 31.5 Å². The van der Waals surface area contributed by atoms with E-state index in [-0.39, 0.29) is 22.9 Å². The Kier molecular flexibility index (Phi) is 5.63. The molecule has 2 aromatic carbocycles. The van der Waals surface area contributed by atoms with E-state index in [0.717, 1.165) is 17.3 Å². The molecule has 1 amide bonds. The number of nitrogen functional groups attached to an aromatic ring is 1. The third-order valence-corrected chi connectivity index (χ3v) is 6.35. The number of benzene rings is 2. The summed E-state index contributed by atoms with van der Waals surface area (Å²) in [6.07, 6.45) is 0. The summed E-state index contributed by atoms with van der Waals surface area (Å²) in [5, 5.41) is 25.1. The second kappa shape index (κ2) is 8.54. The predicted molar refractivity (Wildman–Crippen MR) is 125 cm³/mol. The average Bonchev–Trinajstić information content (AvgIpc) is 3.08. The summed E-state index contributed by atoms with van der Waals surface area (Å²) in [5.41, 5.74) is 9.87. The Morgan fingerprint density at radius 2 is 1.66 bits per heavy atom. The van der Waals surface area contributed by atoms with Gasteiger partial charge in [0.1, 0.15) is 33.8 Å². The monoisotopic (exact) mass is 438 g/mol. The standard InChI is InChI=1S/C24H18N6OS/c1-14-8-10-16(11-9-14)20-18(12-25)22(27)28-23(19(20)13-26)32-21-15(2)29-30(24(21)31)17-6-4-3-5-7-17/h3-11,21H,1-2H3,(H2,27,28)/t21-/m0/s1. The van der Waals surface area contributed by atoms with Gasteiger partial charge in [0.2, 0.25) is 0 Å². The van der Waals surface area contributed by atoms with Crippen molar-refractivity contribution in [2.45, 2.75) is 24.1 Å². The van der Waals surface area contributed by atoms with E-state index in [1.54, 1.807) is 19.1 Å². The number of aryl methyl sites for hydroxylation is 1. The van der Waals surface area contributed by atoms with Crippen molar-refractivity contribution in [2.75, 3.05) is 10.7 Å². The number of carbonyl (C=O) groups excluding carboxylic acids is 1. The highest BCUT2D eigenvalue weighted by atomic mass is 32.2. The molecule has 4 rings (SSSR count). The van der Waals surface area contributed by atoms with E-state index >= 15 is 0 Å². The quantitative estimate of drug-likeness (QED) is 0.650. The highest BCUT2D eigenvalue weighted by Crippen LogP contribution is 2.39. The Morgan fingerprint density at radius 1 is 1.00 bits per heavy atom. The molecule has 32 heavy (non-hydrogen) atoms. The molecule has 2 heterocycles. The number of para-hydroxylation sites is 1. The van der Waals surface area contributed by atoms with Crippen molar-refractivity contribution in [3.05, 3.63) is 71.3 Å². The van der Waals surface area contributed by atoms with Crippen molar-refractivity contribution in [1.29, 1.82) is 10.5 Å². The van der Waals surface area contributed by atoms with Gasteiger partial charge in [0.05, 0.1) is 17.0 Å². The second-order valence-corrected chi connectivity index (χ2v) is 8.34. The lowest BCUT2D eigenvalue weighted by atomic mass is 9.96. The number of nitriles is 2. The van der Waals surface area contributed by atoms with Gasteiger partial charge in [-0.1, -0.05) is 59.8 Å². The zero-order valence-corrected chi connectivity index (χ0v) is 18.2. The predicted octanol–water partition coefficient (Wildman–Crippen LogP) is 4.27. The molecule has 1 aromatic heterocycles. The van der Waals surface area contributed by atoms with Crippen molar-refractivity contribution in [3.8, 4) is 23.3 Å². The van der Waals surface area contributed by atoms with E-state index < -0.39 is 5.25 Å². The first-order valence-electron chi connectivity index (χ1n) is 9.76. The molecule has 0 fully saturated rings. The van der Waals surface area contributed by atoms with E-state index in [0.29, 0.717) is 27.6 Å². The third-order valence-electron chi connectivity index (χ3n) is 5.06. The molecular formula is C24H18N6OS. The summed E-state index contributed by atoms with van der Waals surface area (Å²) >= 11 is 1.12. The number of hydrogen-bond donors (Lipinski definition) is 1. The summed E-state index contributed by atoms with van der Waals surface area (Å²) in [5.74, 6) is -0.214. The van der Waals surface area contributed by atoms with Crippen LogP contribution in [0.1, 0.15) is 23.6 Å². The van der Waals surface area contributed by atoms with Gasteiger partial charge in [0.25, 0.3) is 5.91 Å². The van der Waals surface area contributed by atoms with E-state index in [2.05, 4.69) is 22.2 Å². The maximum Gasteiger partial charge on any atom is 0.266 e. The lowest BCUT2D eigenvalue weighted by Gasteiger charge is -2.16. The Bertz CT molecular complexity index is 1320. The third kappa shape index (κ3) is 3.68. The smallest absolute Gasteiger partial charge is 0.266 e. The number of amides is 1. The summed E-state index contributed by atoms with van der Waals surface area (Å²) in [6, 6.07) is 20.8. The number of hydrogen-bond acceptors (Lipinski definition) is 7. The van der Waals surface area contributed by atoms with Gasteiger partial charge in [0, 0.05) is 5.56 Å². The second-order valence-electron chi connectivity index (χ2n) is 7.24. The van der Waals surface area contributed by atoms with E-state index in [4.69, 9.17) is 5.73 Å². The molecule has 1 aliphatic rings. The molecule has 1 aliphatic heterocycles. The number of nitrogens with two attached hydrogens (primary N) is 1. The molecular weight excluding hydrogens is 420 g/mol. The van der Waals surface area contributed by atoms with E-state index in [1.165, 1.54) is 5.01 Å². The molecule has 0 aliphatic carbocycles. The van der Waals surface area contributed by atoms with Crippen LogP contribution in [-0.4, -0.2) is 21.9 Å². The summed E-state index contributed by atoms with van der Waals surface area (Å²) < 4.78 is 0. The fourth-order valence-electron chi connectivity index (χ4n) is 3.44. The van der Waals surface area contributed by atoms with Gasteiger partial charge >= 0.3 is 0 Å². The molecule has 7 nitrogen and oxygen atoms in total. The molecule has 1 atom stereocenters. The Hall–Kier alpha value is -4.14. The van der Waals surface area contributed by atoms with Crippen LogP contribution in [0, 0.1) is 29.6 Å². The van der Waals surface area contributed by atoms with Crippen LogP contribution in [0.2, 0.25) is 0 Å². The van der Waals surface area contributed by atoms with Crippen molar-refractivity contribution < 1.29 is 4.79 Å². The molecule has 0 saturated carbocycles. The normalized spacial score (nSPS) is 15.2. The minimum atomic E-state index is -0.659. The van der Waals surface area contributed by atoms with Crippen molar-refractivity contribution in [3.63, 3.8) is 0 Å². The van der Waals surface area contributed by atoms with E-state index in [9.17, 15) is 15.3 Å². The maximum absolute atomic E-state index is 13.1. The topological polar surface area (TPSA) is 119 Å². The number of aromatic nitrogens is 1. The van der Waals surface area contributed by atoms with Crippen LogP contribution in [0.5, 0.6) is 0 Å². The minimum Gasteiger partial charge on any atom is -0.383 e. The first-order chi connectivity index (χ1) is 15.4. The fraction of sp³-hybridized carbons (Fsp3) is 0.125. The SMILES string of the molecule is CC1=NN(c2ccccc2)C(=O)[C@H]1Sc1nc(N)c(C#N)c(-c2ccc(C)cc2)c1C#N. The van der Waals surface area contributed by atoms with Gasteiger partial charge in [-0.25, -0.2) is 4.98 Å². The molecule has 0 radical (unpaired) electrons. The summed E-state index contributed by atoms with van der Waals surface area (Å²) in [6.45, 7) is 3.72. The van der Waals surface area contributed by atoms with Crippen LogP contribution in [0.3, 0.4) is 0 Å². The first-order valence-corrected chi connectivity index (χ1v) is 10.6. The lowest BCUT2D eigenvalue weighted by molar-refractivity contribution is -0.116. The first kappa shape index (κ1) is 21.1. The number of rotatable bonds is 4. The van der Waals surface area contributed by atoms with Gasteiger partial charge < -0.3 is 5.73 Å². The summed E-state index contributed by atoms with van der Waals surface area (Å²) in [7, 11) is 0. The molecule has 156 valence electrons. The van der Waals surface area contributed by atoms with E-state index in [1.807, 2.05) is 49.4 Å². The fourth-order valence-corrected chi connectivity index (χ4v) is 4.50. The molecule has 0 spiro atoms. The zero-order valence-electron chi connectivity index (χ0n) is 17.4. The van der Waals surface area contributed by atoms with Crippen molar-refractivity contribution in [1.82, 2.24) is 4.98 Å². The molecule has 8 heteroatoms. The molecule has 2 N–H and O–H groups in total. The minimum absolute atomic E-state index is 0.0181. The maximum atomic E-state index is 13.1. The number of pyridine rings is 1. The van der Waals surface area contributed by atoms with Crippen LogP contribution in [-0.2, 0) is 4.79 Å². The van der Waals surface area contributed by atoms with Gasteiger partial charge in [-0.2, -0.15) is 20.6 Å². The van der Waals surface area contributed by atoms with Gasteiger partial charge in [-0.3, -0.25) is 4.79 Å². The van der Waals surface area contributed by atoms with Crippen molar-refractivity contribution >= 4 is 34.9 Å². The number of thioether (sulfide) groups is 1. The average molecular weight is 439 g/mol. The number of hydrazone groups is 1. The van der Waals surface area contributed by atoms with Crippen LogP contribution in [0.4, 0.5) is 11.5 Å².